The number of methoxy groups -OCH3 is 1. The van der Waals surface area contributed by atoms with Crippen molar-refractivity contribution in [1.29, 1.82) is 0 Å². The van der Waals surface area contributed by atoms with Gasteiger partial charge in [-0.15, -0.1) is 0 Å². The summed E-state index contributed by atoms with van der Waals surface area (Å²) < 4.78 is 11.3. The van der Waals surface area contributed by atoms with Crippen LogP contribution in [0.5, 0.6) is 5.75 Å². The molecule has 2 amide bonds. The fourth-order valence-electron chi connectivity index (χ4n) is 3.30. The van der Waals surface area contributed by atoms with Gasteiger partial charge in [-0.05, 0) is 24.3 Å². The molecule has 3 aromatic carbocycles. The van der Waals surface area contributed by atoms with E-state index in [9.17, 15) is 9.59 Å². The molecule has 6 heteroatoms. The third-order valence-electron chi connectivity index (χ3n) is 4.72. The molecule has 0 radical (unpaired) electrons. The summed E-state index contributed by atoms with van der Waals surface area (Å²) in [7, 11) is 3.14. The molecule has 146 valence electrons. The monoisotopic (exact) mass is 388 g/mol. The maximum atomic E-state index is 12.5. The summed E-state index contributed by atoms with van der Waals surface area (Å²) in [4.78, 5) is 26.4. The van der Waals surface area contributed by atoms with Crippen molar-refractivity contribution in [3.05, 3.63) is 72.3 Å². The quantitative estimate of drug-likeness (QED) is 0.553. The van der Waals surface area contributed by atoms with Crippen LogP contribution < -0.4 is 10.1 Å². The number of hydrogen-bond donors (Lipinski definition) is 1. The number of fused-ring (bicyclic) bond motifs is 3. The van der Waals surface area contributed by atoms with E-state index in [1.807, 2.05) is 36.4 Å². The van der Waals surface area contributed by atoms with Gasteiger partial charge in [-0.2, -0.15) is 0 Å². The van der Waals surface area contributed by atoms with Crippen LogP contribution in [0.4, 0.5) is 5.69 Å². The zero-order chi connectivity index (χ0) is 20.4. The standard InChI is InChI=1S/C23H20N2O4/c1-25(23(27)15-8-4-3-5-9-15)14-22(26)24-18-13-20-17(12-21(18)28-2)16-10-6-7-11-19(16)29-20/h3-13H,14H2,1-2H3,(H,24,26). The molecular weight excluding hydrogens is 368 g/mol. The Morgan fingerprint density at radius 3 is 2.45 bits per heavy atom. The van der Waals surface area contributed by atoms with Gasteiger partial charge in [0, 0.05) is 29.4 Å². The van der Waals surface area contributed by atoms with Gasteiger partial charge in [0.05, 0.1) is 19.3 Å². The van der Waals surface area contributed by atoms with Gasteiger partial charge in [0.25, 0.3) is 5.91 Å². The first-order valence-electron chi connectivity index (χ1n) is 9.16. The second kappa shape index (κ2) is 7.67. The molecule has 0 saturated heterocycles. The van der Waals surface area contributed by atoms with Crippen molar-refractivity contribution in [2.75, 3.05) is 26.0 Å². The number of ether oxygens (including phenoxy) is 1. The Morgan fingerprint density at radius 1 is 0.966 bits per heavy atom. The van der Waals surface area contributed by atoms with E-state index in [1.165, 1.54) is 4.90 Å². The van der Waals surface area contributed by atoms with Crippen molar-refractivity contribution in [3.63, 3.8) is 0 Å². The van der Waals surface area contributed by atoms with Crippen molar-refractivity contribution in [2.24, 2.45) is 0 Å². The molecule has 1 N–H and O–H groups in total. The molecule has 0 atom stereocenters. The van der Waals surface area contributed by atoms with Gasteiger partial charge in [-0.25, -0.2) is 0 Å². The van der Waals surface area contributed by atoms with E-state index in [0.717, 1.165) is 16.4 Å². The minimum atomic E-state index is -0.328. The molecule has 1 heterocycles. The fraction of sp³-hybridized carbons (Fsp3) is 0.130. The molecule has 0 aliphatic rings. The highest BCUT2D eigenvalue weighted by Crippen LogP contribution is 2.36. The van der Waals surface area contributed by atoms with Gasteiger partial charge in [-0.3, -0.25) is 9.59 Å². The summed E-state index contributed by atoms with van der Waals surface area (Å²) in [6.45, 7) is -0.0882. The fourth-order valence-corrected chi connectivity index (χ4v) is 3.30. The van der Waals surface area contributed by atoms with Crippen LogP contribution in [-0.2, 0) is 4.79 Å². The molecule has 29 heavy (non-hydrogen) atoms. The van der Waals surface area contributed by atoms with E-state index in [1.54, 1.807) is 44.5 Å². The average Bonchev–Trinajstić information content (AvgIpc) is 3.10. The number of benzene rings is 3. The second-order valence-electron chi connectivity index (χ2n) is 6.72. The first-order chi connectivity index (χ1) is 14.1. The first kappa shape index (κ1) is 18.6. The topological polar surface area (TPSA) is 71.8 Å². The van der Waals surface area contributed by atoms with Gasteiger partial charge in [0.15, 0.2) is 0 Å². The Balaban J connectivity index is 1.55. The number of carbonyl (C=O) groups excluding carboxylic acids is 2. The van der Waals surface area contributed by atoms with Crippen molar-refractivity contribution >= 4 is 39.4 Å². The van der Waals surface area contributed by atoms with Gasteiger partial charge in [0.2, 0.25) is 5.91 Å². The molecule has 0 unspecified atom stereocenters. The van der Waals surface area contributed by atoms with E-state index in [0.29, 0.717) is 22.6 Å². The molecule has 0 bridgehead atoms. The van der Waals surface area contributed by atoms with E-state index >= 15 is 0 Å². The predicted molar refractivity (Wildman–Crippen MR) is 112 cm³/mol. The van der Waals surface area contributed by atoms with E-state index in [-0.39, 0.29) is 18.4 Å². The highest BCUT2D eigenvalue weighted by Gasteiger charge is 2.17. The van der Waals surface area contributed by atoms with E-state index in [4.69, 9.17) is 9.15 Å². The van der Waals surface area contributed by atoms with Crippen LogP contribution >= 0.6 is 0 Å². The minimum Gasteiger partial charge on any atom is -0.495 e. The zero-order valence-electron chi connectivity index (χ0n) is 16.1. The number of nitrogens with one attached hydrogen (secondary N) is 1. The van der Waals surface area contributed by atoms with Crippen molar-refractivity contribution in [3.8, 4) is 5.75 Å². The van der Waals surface area contributed by atoms with Crippen LogP contribution in [-0.4, -0.2) is 37.4 Å². The number of anilines is 1. The minimum absolute atomic E-state index is 0.0882. The van der Waals surface area contributed by atoms with Gasteiger partial charge in [0.1, 0.15) is 16.9 Å². The van der Waals surface area contributed by atoms with E-state index < -0.39 is 0 Å². The lowest BCUT2D eigenvalue weighted by Crippen LogP contribution is -2.34. The molecule has 0 aliphatic heterocycles. The van der Waals surface area contributed by atoms with Crippen molar-refractivity contribution in [1.82, 2.24) is 4.90 Å². The molecular formula is C23H20N2O4. The highest BCUT2D eigenvalue weighted by molar-refractivity contribution is 6.08. The van der Waals surface area contributed by atoms with Crippen LogP contribution in [0.1, 0.15) is 10.4 Å². The van der Waals surface area contributed by atoms with E-state index in [2.05, 4.69) is 5.32 Å². The summed E-state index contributed by atoms with van der Waals surface area (Å²) in [5.41, 5.74) is 2.44. The van der Waals surface area contributed by atoms with Crippen LogP contribution in [0.3, 0.4) is 0 Å². The Morgan fingerprint density at radius 2 is 1.69 bits per heavy atom. The van der Waals surface area contributed by atoms with Gasteiger partial charge >= 0.3 is 0 Å². The smallest absolute Gasteiger partial charge is 0.254 e. The first-order valence-corrected chi connectivity index (χ1v) is 9.16. The number of likely N-dealkylation sites (N-methyl/N-ethyl adjacent to an activating group) is 1. The Labute approximate surface area is 167 Å². The Kier molecular flexibility index (Phi) is 4.91. The van der Waals surface area contributed by atoms with Gasteiger partial charge in [-0.1, -0.05) is 36.4 Å². The van der Waals surface area contributed by atoms with Crippen LogP contribution in [0.2, 0.25) is 0 Å². The Hall–Kier alpha value is -3.80. The second-order valence-corrected chi connectivity index (χ2v) is 6.72. The maximum Gasteiger partial charge on any atom is 0.254 e. The summed E-state index contributed by atoms with van der Waals surface area (Å²) >= 11 is 0. The molecule has 4 rings (SSSR count). The summed E-state index contributed by atoms with van der Waals surface area (Å²) in [5.74, 6) is -0.0274. The number of carbonyl (C=O) groups is 2. The number of hydrogen-bond acceptors (Lipinski definition) is 4. The largest absolute Gasteiger partial charge is 0.495 e. The van der Waals surface area contributed by atoms with Crippen LogP contribution in [0.15, 0.2) is 71.1 Å². The molecule has 0 saturated carbocycles. The summed E-state index contributed by atoms with van der Waals surface area (Å²) in [6.07, 6.45) is 0. The summed E-state index contributed by atoms with van der Waals surface area (Å²) in [6, 6.07) is 20.1. The number of nitrogens with zero attached hydrogens (tertiary/aromatic N) is 1. The third-order valence-corrected chi connectivity index (χ3v) is 4.72. The highest BCUT2D eigenvalue weighted by atomic mass is 16.5. The Bertz CT molecular complexity index is 1200. The zero-order valence-corrected chi connectivity index (χ0v) is 16.1. The molecule has 6 nitrogen and oxygen atoms in total. The maximum absolute atomic E-state index is 12.5. The van der Waals surface area contributed by atoms with Crippen molar-refractivity contribution in [2.45, 2.75) is 0 Å². The number of amides is 2. The predicted octanol–water partition coefficient (Wildman–Crippen LogP) is 4.31. The lowest BCUT2D eigenvalue weighted by Gasteiger charge is -2.17. The number of furan rings is 1. The van der Waals surface area contributed by atoms with Crippen LogP contribution in [0, 0.1) is 0 Å². The summed E-state index contributed by atoms with van der Waals surface area (Å²) in [5, 5.41) is 4.71. The molecule has 1 aromatic heterocycles. The SMILES string of the molecule is COc1cc2c(cc1NC(=O)CN(C)C(=O)c1ccccc1)oc1ccccc12. The normalized spacial score (nSPS) is 10.8. The lowest BCUT2D eigenvalue weighted by molar-refractivity contribution is -0.116. The average molecular weight is 388 g/mol. The van der Waals surface area contributed by atoms with Gasteiger partial charge < -0.3 is 19.4 Å². The number of para-hydroxylation sites is 1. The molecule has 0 aliphatic carbocycles. The molecule has 0 spiro atoms. The number of rotatable bonds is 5. The molecule has 4 aromatic rings. The van der Waals surface area contributed by atoms with Crippen LogP contribution in [0.25, 0.3) is 21.9 Å². The third kappa shape index (κ3) is 3.65. The van der Waals surface area contributed by atoms with Crippen molar-refractivity contribution < 1.29 is 18.7 Å². The lowest BCUT2D eigenvalue weighted by atomic mass is 10.1. The molecule has 0 fully saturated rings.